The first kappa shape index (κ1) is 15.1. The lowest BCUT2D eigenvalue weighted by Crippen LogP contribution is -2.23. The molecule has 0 bridgehead atoms. The van der Waals surface area contributed by atoms with E-state index in [0.717, 1.165) is 18.9 Å². The summed E-state index contributed by atoms with van der Waals surface area (Å²) < 4.78 is 54.5. The van der Waals surface area contributed by atoms with Crippen molar-refractivity contribution in [3.63, 3.8) is 0 Å². The molecule has 0 N–H and O–H groups in total. The van der Waals surface area contributed by atoms with Gasteiger partial charge < -0.3 is 4.90 Å². The Kier molecular flexibility index (Phi) is 4.50. The van der Waals surface area contributed by atoms with Gasteiger partial charge in [0, 0.05) is 13.1 Å². The fraction of sp³-hybridized carbons (Fsp3) is 0.333. The smallest absolute Gasteiger partial charge is 0.180 e. The quantitative estimate of drug-likeness (QED) is 0.342. The highest BCUT2D eigenvalue weighted by Gasteiger charge is 2.28. The van der Waals surface area contributed by atoms with Crippen molar-refractivity contribution in [3.8, 4) is 6.07 Å². The van der Waals surface area contributed by atoms with Crippen LogP contribution < -0.4 is 0 Å². The summed E-state index contributed by atoms with van der Waals surface area (Å²) in [5.74, 6) is -6.57. The second-order valence-corrected chi connectivity index (χ2v) is 5.78. The highest BCUT2D eigenvalue weighted by atomic mass is 32.2. The van der Waals surface area contributed by atoms with Gasteiger partial charge in [-0.25, -0.2) is 17.6 Å². The number of thiocarbonyl (C=S) groups is 1. The monoisotopic (exact) mass is 320 g/mol. The molecule has 1 aromatic carbocycles. The van der Waals surface area contributed by atoms with Crippen LogP contribution in [0.25, 0.3) is 0 Å². The number of hydrogen-bond acceptors (Lipinski definition) is 3. The molecule has 0 aliphatic carbocycles. The Balaban J connectivity index is 2.37. The highest BCUT2D eigenvalue weighted by molar-refractivity contribution is 8.22. The van der Waals surface area contributed by atoms with Crippen LogP contribution in [0.1, 0.15) is 18.4 Å². The van der Waals surface area contributed by atoms with Crippen molar-refractivity contribution < 1.29 is 17.6 Å². The van der Waals surface area contributed by atoms with Gasteiger partial charge in [-0.3, -0.25) is 0 Å². The Morgan fingerprint density at radius 1 is 1.05 bits per heavy atom. The Morgan fingerprint density at radius 2 is 1.55 bits per heavy atom. The minimum absolute atomic E-state index is 0.156. The predicted octanol–water partition coefficient (Wildman–Crippen LogP) is 3.59. The minimum atomic E-state index is -1.70. The zero-order valence-corrected chi connectivity index (χ0v) is 11.7. The summed E-state index contributed by atoms with van der Waals surface area (Å²) in [4.78, 5) is 0.864. The molecule has 1 fully saturated rings. The van der Waals surface area contributed by atoms with Crippen molar-refractivity contribution in [1.29, 1.82) is 5.26 Å². The maximum Gasteiger partial charge on any atom is 0.180 e. The summed E-state index contributed by atoms with van der Waals surface area (Å²) in [7, 11) is 0. The number of benzene rings is 1. The van der Waals surface area contributed by atoms with Crippen LogP contribution in [-0.2, 0) is 0 Å². The zero-order chi connectivity index (χ0) is 14.9. The second-order valence-electron chi connectivity index (χ2n) is 4.13. The average Bonchev–Trinajstić information content (AvgIpc) is 2.96. The molecule has 1 aliphatic heterocycles. The van der Waals surface area contributed by atoms with Crippen LogP contribution in [0.5, 0.6) is 0 Å². The van der Waals surface area contributed by atoms with Gasteiger partial charge in [-0.1, -0.05) is 24.0 Å². The van der Waals surface area contributed by atoms with Crippen LogP contribution in [-0.4, -0.2) is 22.3 Å². The van der Waals surface area contributed by atoms with E-state index in [1.54, 1.807) is 4.90 Å². The number of hydrogen-bond donors (Lipinski definition) is 0. The summed E-state index contributed by atoms with van der Waals surface area (Å²) >= 11 is 5.47. The van der Waals surface area contributed by atoms with Gasteiger partial charge in [-0.15, -0.1) is 0 Å². The molecule has 0 amide bonds. The molecule has 1 aliphatic rings. The van der Waals surface area contributed by atoms with Gasteiger partial charge in [0.15, 0.2) is 23.3 Å². The van der Waals surface area contributed by atoms with E-state index in [9.17, 15) is 17.6 Å². The molecular formula is C12H8F4N2S2. The molecule has 1 heterocycles. The van der Waals surface area contributed by atoms with Gasteiger partial charge in [0.05, 0.1) is 4.90 Å². The summed E-state index contributed by atoms with van der Waals surface area (Å²) in [6.07, 6.45) is 1.81. The van der Waals surface area contributed by atoms with E-state index in [1.165, 1.54) is 0 Å². The first-order chi connectivity index (χ1) is 9.47. The number of nitrogens with zero attached hydrogens (tertiary/aromatic N) is 2. The maximum atomic E-state index is 13.7. The number of thioether (sulfide) groups is 1. The van der Waals surface area contributed by atoms with Gasteiger partial charge in [0.1, 0.15) is 16.0 Å². The number of nitriles is 1. The molecule has 0 aromatic heterocycles. The average molecular weight is 320 g/mol. The molecule has 0 unspecified atom stereocenters. The van der Waals surface area contributed by atoms with Gasteiger partial charge in [-0.05, 0) is 12.8 Å². The predicted molar refractivity (Wildman–Crippen MR) is 70.3 cm³/mol. The molecule has 0 spiro atoms. The largest absolute Gasteiger partial charge is 0.357 e. The lowest BCUT2D eigenvalue weighted by Gasteiger charge is -2.18. The van der Waals surface area contributed by atoms with Crippen LogP contribution in [0.15, 0.2) is 4.90 Å². The SMILES string of the molecule is N#Cc1c(F)c(F)c(SC(=S)N2CCCC2)c(F)c1F. The van der Waals surface area contributed by atoms with E-state index in [0.29, 0.717) is 24.9 Å². The zero-order valence-electron chi connectivity index (χ0n) is 10.1. The van der Waals surface area contributed by atoms with Crippen LogP contribution in [0.4, 0.5) is 17.6 Å². The van der Waals surface area contributed by atoms with Gasteiger partial charge in [0.25, 0.3) is 0 Å². The summed E-state index contributed by atoms with van der Waals surface area (Å²) in [6, 6.07) is 1.10. The molecule has 106 valence electrons. The molecular weight excluding hydrogens is 312 g/mol. The van der Waals surface area contributed by atoms with E-state index in [4.69, 9.17) is 17.5 Å². The number of halogens is 4. The van der Waals surface area contributed by atoms with Crippen molar-refractivity contribution in [1.82, 2.24) is 4.90 Å². The molecule has 8 heteroatoms. The third-order valence-corrected chi connectivity index (χ3v) is 4.39. The molecule has 0 atom stereocenters. The normalized spacial score (nSPS) is 14.4. The number of likely N-dealkylation sites (tertiary alicyclic amines) is 1. The van der Waals surface area contributed by atoms with Crippen molar-refractivity contribution in [3.05, 3.63) is 28.8 Å². The Bertz CT molecular complexity index is 577. The molecule has 0 radical (unpaired) electrons. The molecule has 2 nitrogen and oxygen atoms in total. The molecule has 1 aromatic rings. The minimum Gasteiger partial charge on any atom is -0.357 e. The summed E-state index contributed by atoms with van der Waals surface area (Å²) in [5.41, 5.74) is -1.27. The van der Waals surface area contributed by atoms with E-state index in [1.807, 2.05) is 0 Å². The molecule has 2 rings (SSSR count). The topological polar surface area (TPSA) is 27.0 Å². The van der Waals surface area contributed by atoms with Crippen molar-refractivity contribution >= 4 is 28.3 Å². The third-order valence-electron chi connectivity index (χ3n) is 2.89. The second kappa shape index (κ2) is 5.97. The van der Waals surface area contributed by atoms with E-state index in [-0.39, 0.29) is 4.32 Å². The van der Waals surface area contributed by atoms with Crippen molar-refractivity contribution in [2.45, 2.75) is 17.7 Å². The summed E-state index contributed by atoms with van der Waals surface area (Å²) in [5, 5.41) is 8.49. The highest BCUT2D eigenvalue weighted by Crippen LogP contribution is 2.33. The maximum absolute atomic E-state index is 13.7. The van der Waals surface area contributed by atoms with Crippen LogP contribution in [0.3, 0.4) is 0 Å². The third kappa shape index (κ3) is 2.60. The fourth-order valence-corrected chi connectivity index (χ4v) is 3.13. The van der Waals surface area contributed by atoms with E-state index in [2.05, 4.69) is 0 Å². The van der Waals surface area contributed by atoms with Crippen molar-refractivity contribution in [2.24, 2.45) is 0 Å². The Labute approximate surface area is 122 Å². The van der Waals surface area contributed by atoms with Gasteiger partial charge in [0.2, 0.25) is 0 Å². The van der Waals surface area contributed by atoms with E-state index < -0.39 is 33.7 Å². The van der Waals surface area contributed by atoms with Gasteiger partial charge in [-0.2, -0.15) is 5.26 Å². The van der Waals surface area contributed by atoms with Crippen molar-refractivity contribution in [2.75, 3.05) is 13.1 Å². The lowest BCUT2D eigenvalue weighted by molar-refractivity contribution is 0.423. The first-order valence-corrected chi connectivity index (χ1v) is 6.92. The van der Waals surface area contributed by atoms with Crippen LogP contribution in [0, 0.1) is 34.6 Å². The molecule has 0 saturated carbocycles. The first-order valence-electron chi connectivity index (χ1n) is 5.70. The Hall–Kier alpha value is -1.33. The summed E-state index contributed by atoms with van der Waals surface area (Å²) in [6.45, 7) is 1.30. The lowest BCUT2D eigenvalue weighted by atomic mass is 10.2. The standard InChI is InChI=1S/C12H8F4N2S2/c13-7-6(5-17)8(14)10(16)11(9(7)15)20-12(19)18-3-1-2-4-18/h1-4H2. The molecule has 20 heavy (non-hydrogen) atoms. The fourth-order valence-electron chi connectivity index (χ4n) is 1.85. The van der Waals surface area contributed by atoms with E-state index >= 15 is 0 Å². The van der Waals surface area contributed by atoms with Crippen LogP contribution >= 0.6 is 24.0 Å². The number of rotatable bonds is 1. The van der Waals surface area contributed by atoms with Gasteiger partial charge >= 0.3 is 0 Å². The molecule has 1 saturated heterocycles. The Morgan fingerprint density at radius 3 is 2.00 bits per heavy atom. The van der Waals surface area contributed by atoms with Crippen LogP contribution in [0.2, 0.25) is 0 Å².